The maximum atomic E-state index is 14.0. The third kappa shape index (κ3) is 3.71. The topological polar surface area (TPSA) is 85.8 Å². The molecule has 0 bridgehead atoms. The van der Waals surface area contributed by atoms with E-state index in [1.807, 2.05) is 13.0 Å². The highest BCUT2D eigenvalue weighted by Gasteiger charge is 2.19. The van der Waals surface area contributed by atoms with Crippen molar-refractivity contribution in [2.75, 3.05) is 5.75 Å². The van der Waals surface area contributed by atoms with Gasteiger partial charge in [0.15, 0.2) is 5.16 Å². The Morgan fingerprint density at radius 2 is 2.08 bits per heavy atom. The molecular weight excluding hydrogens is 345 g/mol. The largest absolute Gasteiger partial charge is 0.481 e. The fraction of sp³-hybridized carbons (Fsp3) is 0.250. The number of carbonyl (C=O) groups is 1. The third-order valence-corrected chi connectivity index (χ3v) is 4.45. The molecule has 3 rings (SSSR count). The molecule has 1 N–H and O–H groups in total. The van der Waals surface area contributed by atoms with Gasteiger partial charge in [-0.1, -0.05) is 30.0 Å². The van der Waals surface area contributed by atoms with Crippen LogP contribution < -0.4 is 0 Å². The van der Waals surface area contributed by atoms with Gasteiger partial charge in [0.2, 0.25) is 0 Å². The summed E-state index contributed by atoms with van der Waals surface area (Å²) in [6.07, 6.45) is 0.234. The lowest BCUT2D eigenvalue weighted by atomic mass is 10.1. The number of hydrogen-bond donors (Lipinski definition) is 1. The van der Waals surface area contributed by atoms with Crippen LogP contribution in [0.5, 0.6) is 0 Å². The van der Waals surface area contributed by atoms with Crippen molar-refractivity contribution in [3.05, 3.63) is 53.2 Å². The predicted molar refractivity (Wildman–Crippen MR) is 90.4 cm³/mol. The van der Waals surface area contributed by atoms with Gasteiger partial charge in [-0.2, -0.15) is 5.10 Å². The molecule has 0 aliphatic rings. The van der Waals surface area contributed by atoms with E-state index < -0.39 is 5.97 Å². The van der Waals surface area contributed by atoms with Crippen molar-refractivity contribution in [2.24, 2.45) is 7.05 Å². The first kappa shape index (κ1) is 17.2. The van der Waals surface area contributed by atoms with E-state index in [1.165, 1.54) is 6.07 Å². The van der Waals surface area contributed by atoms with Gasteiger partial charge in [0.1, 0.15) is 17.5 Å². The lowest BCUT2D eigenvalue weighted by Gasteiger charge is -2.10. The van der Waals surface area contributed by atoms with E-state index in [2.05, 4.69) is 15.3 Å². The molecule has 0 aliphatic heterocycles. The van der Waals surface area contributed by atoms with Gasteiger partial charge in [-0.15, -0.1) is 10.2 Å². The maximum absolute atomic E-state index is 14.0. The second-order valence-corrected chi connectivity index (χ2v) is 6.39. The Labute approximate surface area is 147 Å². The van der Waals surface area contributed by atoms with Crippen molar-refractivity contribution in [2.45, 2.75) is 18.5 Å². The average molecular weight is 361 g/mol. The van der Waals surface area contributed by atoms with Crippen LogP contribution in [0.3, 0.4) is 0 Å². The Morgan fingerprint density at radius 1 is 1.32 bits per heavy atom. The van der Waals surface area contributed by atoms with Gasteiger partial charge in [0.05, 0.1) is 11.4 Å². The van der Waals surface area contributed by atoms with E-state index in [1.54, 1.807) is 34.5 Å². The summed E-state index contributed by atoms with van der Waals surface area (Å²) in [5, 5.41) is 21.9. The number of aliphatic carboxylic acids is 1. The van der Waals surface area contributed by atoms with E-state index in [9.17, 15) is 9.18 Å². The van der Waals surface area contributed by atoms with Crippen LogP contribution in [-0.2, 0) is 18.3 Å². The Bertz CT molecular complexity index is 921. The molecule has 0 spiro atoms. The summed E-state index contributed by atoms with van der Waals surface area (Å²) in [6.45, 7) is 1.86. The Balaban J connectivity index is 2.04. The average Bonchev–Trinajstić information content (AvgIpc) is 3.09. The number of halogens is 1. The quantitative estimate of drug-likeness (QED) is 0.678. The van der Waals surface area contributed by atoms with Crippen molar-refractivity contribution in [1.29, 1.82) is 0 Å². The molecule has 0 saturated carbocycles. The number of carboxylic acids is 1. The van der Waals surface area contributed by atoms with Crippen LogP contribution in [-0.4, -0.2) is 41.4 Å². The Kier molecular flexibility index (Phi) is 4.84. The molecule has 1 aromatic carbocycles. The fourth-order valence-corrected chi connectivity index (χ4v) is 3.16. The van der Waals surface area contributed by atoms with Crippen LogP contribution in [0.4, 0.5) is 4.39 Å². The molecule has 0 fully saturated rings. The molecule has 130 valence electrons. The minimum absolute atomic E-state index is 0.144. The molecule has 0 unspecified atom stereocenters. The summed E-state index contributed by atoms with van der Waals surface area (Å²) in [5.41, 5.74) is 1.29. The van der Waals surface area contributed by atoms with Crippen molar-refractivity contribution in [3.8, 4) is 5.82 Å². The van der Waals surface area contributed by atoms with Crippen LogP contribution in [0.2, 0.25) is 0 Å². The number of hydrogen-bond acceptors (Lipinski definition) is 5. The molecule has 0 saturated heterocycles. The van der Waals surface area contributed by atoms with Crippen LogP contribution in [0.1, 0.15) is 17.1 Å². The van der Waals surface area contributed by atoms with Crippen molar-refractivity contribution in [3.63, 3.8) is 0 Å². The zero-order valence-corrected chi connectivity index (χ0v) is 14.5. The standard InChI is InChI=1S/C16H16FN5O2S/c1-10-7-14(21(2)20-10)22-13(8-11-5-3-4-6-12(11)17)18-19-16(22)25-9-15(23)24/h3-7H,8-9H2,1-2H3,(H,23,24). The van der Waals surface area contributed by atoms with E-state index in [0.717, 1.165) is 17.5 Å². The van der Waals surface area contributed by atoms with Gasteiger partial charge < -0.3 is 5.11 Å². The van der Waals surface area contributed by atoms with Crippen molar-refractivity contribution >= 4 is 17.7 Å². The zero-order valence-electron chi connectivity index (χ0n) is 13.7. The van der Waals surface area contributed by atoms with Gasteiger partial charge >= 0.3 is 5.97 Å². The molecule has 2 aromatic heterocycles. The lowest BCUT2D eigenvalue weighted by molar-refractivity contribution is -0.133. The second kappa shape index (κ2) is 7.06. The Morgan fingerprint density at radius 3 is 2.72 bits per heavy atom. The van der Waals surface area contributed by atoms with Crippen LogP contribution in [0, 0.1) is 12.7 Å². The minimum atomic E-state index is -0.948. The van der Waals surface area contributed by atoms with Crippen molar-refractivity contribution in [1.82, 2.24) is 24.5 Å². The van der Waals surface area contributed by atoms with Crippen LogP contribution >= 0.6 is 11.8 Å². The Hall–Kier alpha value is -2.68. The summed E-state index contributed by atoms with van der Waals surface area (Å²) >= 11 is 1.06. The summed E-state index contributed by atoms with van der Waals surface area (Å²) in [5.74, 6) is -0.202. The van der Waals surface area contributed by atoms with Crippen LogP contribution in [0.15, 0.2) is 35.5 Å². The number of aryl methyl sites for hydroxylation is 2. The molecule has 0 amide bonds. The van der Waals surface area contributed by atoms with Crippen LogP contribution in [0.25, 0.3) is 5.82 Å². The molecule has 0 radical (unpaired) electrons. The molecule has 3 aromatic rings. The van der Waals surface area contributed by atoms with Gasteiger partial charge in [-0.05, 0) is 18.6 Å². The van der Waals surface area contributed by atoms with Gasteiger partial charge in [0.25, 0.3) is 0 Å². The van der Waals surface area contributed by atoms with Gasteiger partial charge in [-0.3, -0.25) is 14.0 Å². The molecule has 9 heteroatoms. The van der Waals surface area contributed by atoms with E-state index in [4.69, 9.17) is 5.11 Å². The van der Waals surface area contributed by atoms with E-state index in [0.29, 0.717) is 22.4 Å². The fourth-order valence-electron chi connectivity index (χ4n) is 2.48. The molecule has 0 atom stereocenters. The number of nitrogens with zero attached hydrogens (tertiary/aromatic N) is 5. The highest BCUT2D eigenvalue weighted by molar-refractivity contribution is 7.99. The molecule has 7 nitrogen and oxygen atoms in total. The normalized spacial score (nSPS) is 11.0. The number of carboxylic acid groups (broad SMARTS) is 1. The number of rotatable bonds is 6. The molecule has 0 aliphatic carbocycles. The maximum Gasteiger partial charge on any atom is 0.313 e. The zero-order chi connectivity index (χ0) is 18.0. The summed E-state index contributed by atoms with van der Waals surface area (Å²) in [4.78, 5) is 10.9. The highest BCUT2D eigenvalue weighted by atomic mass is 32.2. The first-order chi connectivity index (χ1) is 12.0. The van der Waals surface area contributed by atoms with Gasteiger partial charge in [0, 0.05) is 19.5 Å². The molecule has 2 heterocycles. The van der Waals surface area contributed by atoms with Gasteiger partial charge in [-0.25, -0.2) is 4.39 Å². The highest BCUT2D eigenvalue weighted by Crippen LogP contribution is 2.24. The molecular formula is C16H16FN5O2S. The predicted octanol–water partition coefficient (Wildman–Crippen LogP) is 2.22. The minimum Gasteiger partial charge on any atom is -0.481 e. The second-order valence-electron chi connectivity index (χ2n) is 5.45. The van der Waals surface area contributed by atoms with E-state index >= 15 is 0 Å². The summed E-state index contributed by atoms with van der Waals surface area (Å²) in [7, 11) is 1.78. The first-order valence-electron chi connectivity index (χ1n) is 7.49. The lowest BCUT2D eigenvalue weighted by Crippen LogP contribution is -2.10. The van der Waals surface area contributed by atoms with E-state index in [-0.39, 0.29) is 18.0 Å². The SMILES string of the molecule is Cc1cc(-n2c(Cc3ccccc3F)nnc2SCC(=O)O)n(C)n1. The third-order valence-electron chi connectivity index (χ3n) is 3.54. The first-order valence-corrected chi connectivity index (χ1v) is 8.47. The smallest absolute Gasteiger partial charge is 0.313 e. The molecule has 25 heavy (non-hydrogen) atoms. The summed E-state index contributed by atoms with van der Waals surface area (Å²) < 4.78 is 17.4. The number of thioether (sulfide) groups is 1. The van der Waals surface area contributed by atoms with Crippen molar-refractivity contribution < 1.29 is 14.3 Å². The monoisotopic (exact) mass is 361 g/mol. The summed E-state index contributed by atoms with van der Waals surface area (Å²) in [6, 6.07) is 8.31. The number of benzene rings is 1. The number of aromatic nitrogens is 5.